The van der Waals surface area contributed by atoms with Crippen LogP contribution in [-0.4, -0.2) is 37.5 Å². The SMILES string of the molecule is C=C(C)CCN(CCO)S(=O)(=O)c1ccc(C)cc1. The van der Waals surface area contributed by atoms with Gasteiger partial charge in [0.2, 0.25) is 10.0 Å². The Balaban J connectivity index is 2.98. The molecule has 0 atom stereocenters. The van der Waals surface area contributed by atoms with E-state index in [1.54, 1.807) is 24.3 Å². The molecular weight excluding hydrogens is 262 g/mol. The minimum Gasteiger partial charge on any atom is -0.395 e. The summed E-state index contributed by atoms with van der Waals surface area (Å²) in [6, 6.07) is 6.72. The summed E-state index contributed by atoms with van der Waals surface area (Å²) in [4.78, 5) is 0.258. The van der Waals surface area contributed by atoms with E-state index in [0.29, 0.717) is 13.0 Å². The number of aliphatic hydroxyl groups is 1. The summed E-state index contributed by atoms with van der Waals surface area (Å²) < 4.78 is 26.2. The predicted octanol–water partition coefficient (Wildman–Crippen LogP) is 1.94. The van der Waals surface area contributed by atoms with E-state index in [9.17, 15) is 8.42 Å². The van der Waals surface area contributed by atoms with Crippen LogP contribution >= 0.6 is 0 Å². The Kier molecular flexibility index (Phi) is 5.72. The fraction of sp³-hybridized carbons (Fsp3) is 0.429. The molecular formula is C14H21NO3S. The van der Waals surface area contributed by atoms with Crippen molar-refractivity contribution in [3.63, 3.8) is 0 Å². The Morgan fingerprint density at radius 2 is 1.84 bits per heavy atom. The Bertz CT molecular complexity index is 520. The minimum absolute atomic E-state index is 0.101. The molecule has 4 nitrogen and oxygen atoms in total. The van der Waals surface area contributed by atoms with Crippen LogP contribution in [0.3, 0.4) is 0 Å². The number of nitrogens with zero attached hydrogens (tertiary/aromatic N) is 1. The lowest BCUT2D eigenvalue weighted by Crippen LogP contribution is -2.34. The summed E-state index contributed by atoms with van der Waals surface area (Å²) in [6.45, 7) is 7.78. The van der Waals surface area contributed by atoms with Gasteiger partial charge in [0.1, 0.15) is 0 Å². The van der Waals surface area contributed by atoms with E-state index in [4.69, 9.17) is 5.11 Å². The van der Waals surface area contributed by atoms with Gasteiger partial charge in [0.25, 0.3) is 0 Å². The van der Waals surface area contributed by atoms with E-state index in [2.05, 4.69) is 6.58 Å². The van der Waals surface area contributed by atoms with Crippen molar-refractivity contribution in [3.8, 4) is 0 Å². The van der Waals surface area contributed by atoms with Crippen LogP contribution in [0.25, 0.3) is 0 Å². The molecule has 1 aromatic carbocycles. The van der Waals surface area contributed by atoms with Crippen molar-refractivity contribution >= 4 is 10.0 Å². The van der Waals surface area contributed by atoms with Gasteiger partial charge in [0.15, 0.2) is 0 Å². The monoisotopic (exact) mass is 283 g/mol. The molecule has 0 heterocycles. The van der Waals surface area contributed by atoms with Crippen LogP contribution in [0.2, 0.25) is 0 Å². The van der Waals surface area contributed by atoms with E-state index in [1.807, 2.05) is 13.8 Å². The van der Waals surface area contributed by atoms with Gasteiger partial charge < -0.3 is 5.11 Å². The maximum absolute atomic E-state index is 12.4. The average molecular weight is 283 g/mol. The van der Waals surface area contributed by atoms with Gasteiger partial charge in [0.05, 0.1) is 11.5 Å². The van der Waals surface area contributed by atoms with Crippen LogP contribution < -0.4 is 0 Å². The molecule has 0 unspecified atom stereocenters. The second-order valence-corrected chi connectivity index (χ2v) is 6.59. The maximum atomic E-state index is 12.4. The number of rotatable bonds is 7. The highest BCUT2D eigenvalue weighted by Gasteiger charge is 2.23. The normalized spacial score (nSPS) is 11.8. The smallest absolute Gasteiger partial charge is 0.243 e. The topological polar surface area (TPSA) is 57.6 Å². The number of hydrogen-bond acceptors (Lipinski definition) is 3. The first kappa shape index (κ1) is 15.9. The highest BCUT2D eigenvalue weighted by atomic mass is 32.2. The molecule has 0 aliphatic carbocycles. The van der Waals surface area contributed by atoms with E-state index in [1.165, 1.54) is 4.31 Å². The Hall–Kier alpha value is -1.17. The van der Waals surface area contributed by atoms with Crippen LogP contribution in [0.5, 0.6) is 0 Å². The van der Waals surface area contributed by atoms with E-state index >= 15 is 0 Å². The number of sulfonamides is 1. The predicted molar refractivity (Wildman–Crippen MR) is 76.5 cm³/mol. The number of hydrogen-bond donors (Lipinski definition) is 1. The highest BCUT2D eigenvalue weighted by Crippen LogP contribution is 2.17. The lowest BCUT2D eigenvalue weighted by Gasteiger charge is -2.21. The van der Waals surface area contributed by atoms with Crippen LogP contribution in [0.4, 0.5) is 0 Å². The van der Waals surface area contributed by atoms with Gasteiger partial charge in [0, 0.05) is 13.1 Å². The second-order valence-electron chi connectivity index (χ2n) is 4.65. The van der Waals surface area contributed by atoms with Crippen molar-refractivity contribution in [2.24, 2.45) is 0 Å². The average Bonchev–Trinajstić information content (AvgIpc) is 2.34. The third-order valence-corrected chi connectivity index (χ3v) is 4.71. The molecule has 0 radical (unpaired) electrons. The fourth-order valence-electron chi connectivity index (χ4n) is 1.64. The molecule has 1 rings (SSSR count). The van der Waals surface area contributed by atoms with Crippen molar-refractivity contribution in [1.82, 2.24) is 4.31 Å². The highest BCUT2D eigenvalue weighted by molar-refractivity contribution is 7.89. The van der Waals surface area contributed by atoms with Gasteiger partial charge in [-0.05, 0) is 32.4 Å². The molecule has 0 aromatic heterocycles. The molecule has 19 heavy (non-hydrogen) atoms. The fourth-order valence-corrected chi connectivity index (χ4v) is 3.07. The molecule has 0 bridgehead atoms. The Morgan fingerprint density at radius 3 is 2.32 bits per heavy atom. The number of benzene rings is 1. The van der Waals surface area contributed by atoms with E-state index in [0.717, 1.165) is 11.1 Å². The molecule has 106 valence electrons. The summed E-state index contributed by atoms with van der Waals surface area (Å²) in [5.74, 6) is 0. The van der Waals surface area contributed by atoms with Gasteiger partial charge in [-0.25, -0.2) is 8.42 Å². The molecule has 1 N–H and O–H groups in total. The van der Waals surface area contributed by atoms with Crippen LogP contribution in [0, 0.1) is 6.92 Å². The van der Waals surface area contributed by atoms with E-state index in [-0.39, 0.29) is 18.0 Å². The molecule has 0 aliphatic rings. The first-order valence-electron chi connectivity index (χ1n) is 6.20. The third-order valence-electron chi connectivity index (χ3n) is 2.80. The lowest BCUT2D eigenvalue weighted by atomic mass is 10.2. The van der Waals surface area contributed by atoms with Crippen molar-refractivity contribution in [2.45, 2.75) is 25.2 Å². The van der Waals surface area contributed by atoms with Crippen LogP contribution in [-0.2, 0) is 10.0 Å². The molecule has 0 saturated heterocycles. The van der Waals surface area contributed by atoms with Gasteiger partial charge in [-0.15, -0.1) is 6.58 Å². The summed E-state index contributed by atoms with van der Waals surface area (Å²) >= 11 is 0. The third kappa shape index (κ3) is 4.45. The molecule has 0 aliphatic heterocycles. The largest absolute Gasteiger partial charge is 0.395 e. The van der Waals surface area contributed by atoms with Crippen molar-refractivity contribution in [3.05, 3.63) is 42.0 Å². The molecule has 0 spiro atoms. The number of aryl methyl sites for hydroxylation is 1. The van der Waals surface area contributed by atoms with Gasteiger partial charge in [-0.3, -0.25) is 0 Å². The van der Waals surface area contributed by atoms with Crippen molar-refractivity contribution in [2.75, 3.05) is 19.7 Å². The summed E-state index contributed by atoms with van der Waals surface area (Å²) in [7, 11) is -3.54. The zero-order chi connectivity index (χ0) is 14.5. The lowest BCUT2D eigenvalue weighted by molar-refractivity contribution is 0.254. The van der Waals surface area contributed by atoms with Crippen molar-refractivity contribution in [1.29, 1.82) is 0 Å². The molecule has 0 amide bonds. The second kappa shape index (κ2) is 6.84. The molecule has 0 saturated carbocycles. The van der Waals surface area contributed by atoms with Gasteiger partial charge in [-0.2, -0.15) is 4.31 Å². The molecule has 1 aromatic rings. The maximum Gasteiger partial charge on any atom is 0.243 e. The van der Waals surface area contributed by atoms with Gasteiger partial charge >= 0.3 is 0 Å². The quantitative estimate of drug-likeness (QED) is 0.778. The minimum atomic E-state index is -3.54. The molecule has 0 fully saturated rings. The molecule has 5 heteroatoms. The van der Waals surface area contributed by atoms with E-state index < -0.39 is 10.0 Å². The van der Waals surface area contributed by atoms with Crippen LogP contribution in [0.15, 0.2) is 41.3 Å². The van der Waals surface area contributed by atoms with Gasteiger partial charge in [-0.1, -0.05) is 23.3 Å². The van der Waals surface area contributed by atoms with Crippen molar-refractivity contribution < 1.29 is 13.5 Å². The number of aliphatic hydroxyl groups excluding tert-OH is 1. The van der Waals surface area contributed by atoms with Crippen LogP contribution in [0.1, 0.15) is 18.9 Å². The first-order valence-corrected chi connectivity index (χ1v) is 7.64. The summed E-state index contributed by atoms with van der Waals surface area (Å²) in [6.07, 6.45) is 0.588. The first-order chi connectivity index (χ1) is 8.87. The zero-order valence-corrected chi connectivity index (χ0v) is 12.3. The Morgan fingerprint density at radius 1 is 1.26 bits per heavy atom. The Labute approximate surface area is 115 Å². The summed E-state index contributed by atoms with van der Waals surface area (Å²) in [5.41, 5.74) is 1.93. The zero-order valence-electron chi connectivity index (χ0n) is 11.5. The summed E-state index contributed by atoms with van der Waals surface area (Å²) in [5, 5.41) is 9.03. The standard InChI is InChI=1S/C14H21NO3S/c1-12(2)8-9-15(10-11-16)19(17,18)14-6-4-13(3)5-7-14/h4-7,16H,1,8-11H2,2-3H3.